The molecule has 0 spiro atoms. The van der Waals surface area contributed by atoms with Gasteiger partial charge in [-0.15, -0.1) is 0 Å². The van der Waals surface area contributed by atoms with E-state index in [1.807, 2.05) is 18.7 Å². The van der Waals surface area contributed by atoms with Gasteiger partial charge in [-0.05, 0) is 33.6 Å². The van der Waals surface area contributed by atoms with E-state index in [1.165, 1.54) is 25.7 Å². The summed E-state index contributed by atoms with van der Waals surface area (Å²) in [6.45, 7) is 10.3. The first kappa shape index (κ1) is 18.0. The Morgan fingerprint density at radius 2 is 1.52 bits per heavy atom. The molecule has 1 aliphatic rings. The van der Waals surface area contributed by atoms with Crippen LogP contribution in [-0.4, -0.2) is 34.3 Å². The maximum absolute atomic E-state index is 12.6. The van der Waals surface area contributed by atoms with E-state index < -0.39 is 11.1 Å². The van der Waals surface area contributed by atoms with Gasteiger partial charge in [-0.2, -0.15) is 0 Å². The van der Waals surface area contributed by atoms with E-state index in [9.17, 15) is 9.59 Å². The lowest BCUT2D eigenvalue weighted by atomic mass is 9.86. The fraction of sp³-hybridized carbons (Fsp3) is 0.882. The average Bonchev–Trinajstić information content (AvgIpc) is 2.43. The summed E-state index contributed by atoms with van der Waals surface area (Å²) in [6.07, 6.45) is 7.77. The molecule has 0 aromatic carbocycles. The quantitative estimate of drug-likeness (QED) is 0.699. The van der Waals surface area contributed by atoms with E-state index in [2.05, 4.69) is 12.2 Å². The molecule has 4 nitrogen and oxygen atoms in total. The molecule has 122 valence electrons. The van der Waals surface area contributed by atoms with Crippen LogP contribution in [0.25, 0.3) is 0 Å². The number of carbonyl (C=O) groups is 2. The van der Waals surface area contributed by atoms with Gasteiger partial charge in [0.05, 0.1) is 0 Å². The third-order valence-corrected chi connectivity index (χ3v) is 4.71. The van der Waals surface area contributed by atoms with E-state index in [-0.39, 0.29) is 11.8 Å². The Balaban J connectivity index is 2.65. The minimum Gasteiger partial charge on any atom is -0.340 e. The number of nitrogens with one attached hydrogen (secondary N) is 1. The van der Waals surface area contributed by atoms with Crippen LogP contribution in [0.2, 0.25) is 0 Å². The van der Waals surface area contributed by atoms with Gasteiger partial charge in [-0.3, -0.25) is 9.59 Å². The molecule has 2 amide bonds. The predicted octanol–water partition coefficient (Wildman–Crippen LogP) is 3.25. The molecule has 1 rings (SSSR count). The summed E-state index contributed by atoms with van der Waals surface area (Å²) in [5.74, 6) is 0.0144. The molecular weight excluding hydrogens is 264 g/mol. The van der Waals surface area contributed by atoms with Crippen LogP contribution in [0.4, 0.5) is 0 Å². The summed E-state index contributed by atoms with van der Waals surface area (Å²) < 4.78 is 0. The molecule has 0 aromatic heterocycles. The summed E-state index contributed by atoms with van der Waals surface area (Å²) in [4.78, 5) is 26.8. The molecule has 1 fully saturated rings. The zero-order valence-corrected chi connectivity index (χ0v) is 14.4. The lowest BCUT2D eigenvalue weighted by Gasteiger charge is -2.49. The summed E-state index contributed by atoms with van der Waals surface area (Å²) in [7, 11) is 0. The van der Waals surface area contributed by atoms with Crippen molar-refractivity contribution in [2.45, 2.75) is 90.6 Å². The van der Waals surface area contributed by atoms with Crippen LogP contribution in [0.15, 0.2) is 0 Å². The van der Waals surface area contributed by atoms with Crippen LogP contribution in [0.5, 0.6) is 0 Å². The minimum absolute atomic E-state index is 0.0272. The van der Waals surface area contributed by atoms with E-state index >= 15 is 0 Å². The summed E-state index contributed by atoms with van der Waals surface area (Å²) >= 11 is 0. The number of rotatable bonds is 8. The second kappa shape index (κ2) is 7.28. The number of amides is 2. The first-order valence-electron chi connectivity index (χ1n) is 8.44. The zero-order chi connectivity index (χ0) is 16.1. The van der Waals surface area contributed by atoms with E-state index in [0.717, 1.165) is 12.8 Å². The molecule has 0 aromatic rings. The molecule has 0 radical (unpaired) electrons. The average molecular weight is 296 g/mol. The van der Waals surface area contributed by atoms with Crippen molar-refractivity contribution >= 4 is 11.8 Å². The Hall–Kier alpha value is -1.06. The molecular formula is C17H32N2O2. The smallest absolute Gasteiger partial charge is 0.248 e. The van der Waals surface area contributed by atoms with Crippen LogP contribution >= 0.6 is 0 Å². The molecule has 21 heavy (non-hydrogen) atoms. The first-order valence-corrected chi connectivity index (χ1v) is 8.44. The number of carbonyl (C=O) groups excluding carboxylic acids is 2. The van der Waals surface area contributed by atoms with Crippen molar-refractivity contribution in [3.63, 3.8) is 0 Å². The Bertz CT molecular complexity index is 379. The number of hydrogen-bond acceptors (Lipinski definition) is 2. The van der Waals surface area contributed by atoms with Gasteiger partial charge in [0.15, 0.2) is 0 Å². The summed E-state index contributed by atoms with van der Waals surface area (Å²) in [5, 5.41) is 2.87. The first-order chi connectivity index (χ1) is 9.79. The molecule has 0 bridgehead atoms. The molecule has 1 saturated heterocycles. The minimum atomic E-state index is -0.784. The van der Waals surface area contributed by atoms with Crippen molar-refractivity contribution in [2.75, 3.05) is 6.54 Å². The van der Waals surface area contributed by atoms with Gasteiger partial charge in [0, 0.05) is 6.54 Å². The molecule has 0 aliphatic carbocycles. The highest BCUT2D eigenvalue weighted by Crippen LogP contribution is 2.29. The molecule has 1 atom stereocenters. The SMILES string of the molecule is CCCCCCCCN1C(=O)C(C)(C)NC(=O)C1(C)CC. The maximum Gasteiger partial charge on any atom is 0.248 e. The Morgan fingerprint density at radius 3 is 2.10 bits per heavy atom. The highest BCUT2D eigenvalue weighted by atomic mass is 16.2. The van der Waals surface area contributed by atoms with Gasteiger partial charge in [0.1, 0.15) is 11.1 Å². The van der Waals surface area contributed by atoms with Gasteiger partial charge in [-0.25, -0.2) is 0 Å². The lowest BCUT2D eigenvalue weighted by molar-refractivity contribution is -0.161. The van der Waals surface area contributed by atoms with Crippen LogP contribution in [-0.2, 0) is 9.59 Å². The fourth-order valence-corrected chi connectivity index (χ4v) is 2.91. The van der Waals surface area contributed by atoms with Gasteiger partial charge < -0.3 is 10.2 Å². The molecule has 4 heteroatoms. The largest absolute Gasteiger partial charge is 0.340 e. The topological polar surface area (TPSA) is 49.4 Å². The summed E-state index contributed by atoms with van der Waals surface area (Å²) in [6, 6.07) is 0. The van der Waals surface area contributed by atoms with Crippen molar-refractivity contribution in [1.29, 1.82) is 0 Å². The van der Waals surface area contributed by atoms with E-state index in [0.29, 0.717) is 13.0 Å². The normalized spacial score (nSPS) is 25.1. The van der Waals surface area contributed by atoms with Crippen LogP contribution < -0.4 is 5.32 Å². The van der Waals surface area contributed by atoms with Crippen LogP contribution in [0.3, 0.4) is 0 Å². The number of hydrogen-bond donors (Lipinski definition) is 1. The van der Waals surface area contributed by atoms with Crippen LogP contribution in [0, 0.1) is 0 Å². The summed E-state index contributed by atoms with van der Waals surface area (Å²) in [5.41, 5.74) is -1.48. The van der Waals surface area contributed by atoms with Crippen molar-refractivity contribution in [1.82, 2.24) is 10.2 Å². The van der Waals surface area contributed by atoms with E-state index in [4.69, 9.17) is 0 Å². The zero-order valence-electron chi connectivity index (χ0n) is 14.4. The van der Waals surface area contributed by atoms with Crippen molar-refractivity contribution < 1.29 is 9.59 Å². The molecule has 1 N–H and O–H groups in total. The second-order valence-corrected chi connectivity index (χ2v) is 6.93. The Labute approximate surface area is 129 Å². The Morgan fingerprint density at radius 1 is 0.952 bits per heavy atom. The highest BCUT2D eigenvalue weighted by molar-refractivity contribution is 6.01. The number of nitrogens with zero attached hydrogens (tertiary/aromatic N) is 1. The predicted molar refractivity (Wildman–Crippen MR) is 86.0 cm³/mol. The monoisotopic (exact) mass is 296 g/mol. The lowest BCUT2D eigenvalue weighted by Crippen LogP contribution is -2.73. The third kappa shape index (κ3) is 3.98. The highest BCUT2D eigenvalue weighted by Gasteiger charge is 2.51. The number of piperazine rings is 1. The fourth-order valence-electron chi connectivity index (χ4n) is 2.91. The molecule has 1 heterocycles. The van der Waals surface area contributed by atoms with Crippen molar-refractivity contribution in [2.24, 2.45) is 0 Å². The van der Waals surface area contributed by atoms with Gasteiger partial charge in [0.25, 0.3) is 0 Å². The van der Waals surface area contributed by atoms with Gasteiger partial charge >= 0.3 is 0 Å². The second-order valence-electron chi connectivity index (χ2n) is 6.93. The number of unbranched alkanes of at least 4 members (excludes halogenated alkanes) is 5. The van der Waals surface area contributed by atoms with Gasteiger partial charge in [-0.1, -0.05) is 46.0 Å². The van der Waals surface area contributed by atoms with Crippen LogP contribution in [0.1, 0.15) is 79.6 Å². The van der Waals surface area contributed by atoms with Crippen molar-refractivity contribution in [3.05, 3.63) is 0 Å². The standard InChI is InChI=1S/C17H32N2O2/c1-6-8-9-10-11-12-13-19-15(21)16(3,4)18-14(20)17(19,5)7-2/h6-13H2,1-5H3,(H,18,20). The third-order valence-electron chi connectivity index (χ3n) is 4.71. The van der Waals surface area contributed by atoms with Crippen molar-refractivity contribution in [3.8, 4) is 0 Å². The molecule has 1 aliphatic heterocycles. The maximum atomic E-state index is 12.6. The Kier molecular flexibility index (Phi) is 6.24. The van der Waals surface area contributed by atoms with Gasteiger partial charge in [0.2, 0.25) is 11.8 Å². The molecule has 0 saturated carbocycles. The molecule has 1 unspecified atom stereocenters. The van der Waals surface area contributed by atoms with E-state index in [1.54, 1.807) is 13.8 Å².